The lowest BCUT2D eigenvalue weighted by Gasteiger charge is -2.37. The van der Waals surface area contributed by atoms with Gasteiger partial charge in [-0.1, -0.05) is 0 Å². The maximum absolute atomic E-state index is 4.89. The number of hydrogen-bond acceptors (Lipinski definition) is 2. The summed E-state index contributed by atoms with van der Waals surface area (Å²) in [6.07, 6.45) is 8.32. The van der Waals surface area contributed by atoms with Gasteiger partial charge in [-0.25, -0.2) is 0 Å². The van der Waals surface area contributed by atoms with Crippen LogP contribution in [-0.4, -0.2) is 44.0 Å². The zero-order valence-electron chi connectivity index (χ0n) is 12.7. The Morgan fingerprint density at radius 3 is 2.30 bits per heavy atom. The minimum Gasteiger partial charge on any atom is -0.371 e. The van der Waals surface area contributed by atoms with Gasteiger partial charge in [0, 0.05) is 18.5 Å². The molecule has 2 heterocycles. The van der Waals surface area contributed by atoms with Crippen LogP contribution < -0.4 is 5.32 Å². The highest BCUT2D eigenvalue weighted by Crippen LogP contribution is 2.45. The molecule has 2 aliphatic carbocycles. The molecule has 1 N–H and O–H groups in total. The van der Waals surface area contributed by atoms with E-state index >= 15 is 0 Å². The molecule has 4 aliphatic rings. The van der Waals surface area contributed by atoms with Gasteiger partial charge in [0.05, 0.1) is 5.84 Å². The quantitative estimate of drug-likeness (QED) is 0.806. The summed E-state index contributed by atoms with van der Waals surface area (Å²) < 4.78 is 0. The van der Waals surface area contributed by atoms with Gasteiger partial charge >= 0.3 is 0 Å². The first-order valence-electron chi connectivity index (χ1n) is 7.66. The average molecular weight is 322 g/mol. The maximum Gasteiger partial charge on any atom is 0.0996 e. The molecule has 0 radical (unpaired) electrons. The predicted molar refractivity (Wildman–Crippen MR) is 90.4 cm³/mol. The van der Waals surface area contributed by atoms with Gasteiger partial charge in [-0.2, -0.15) is 0 Å². The molecule has 0 aromatic heterocycles. The van der Waals surface area contributed by atoms with E-state index in [0.29, 0.717) is 0 Å². The SMILES string of the molecule is CN(C)CCCN=C1NC2CC3CC(C2)CC1C3.Cl.Cl. The van der Waals surface area contributed by atoms with Crippen LogP contribution in [0.3, 0.4) is 0 Å². The topological polar surface area (TPSA) is 27.6 Å². The van der Waals surface area contributed by atoms with Gasteiger partial charge in [-0.3, -0.25) is 4.99 Å². The van der Waals surface area contributed by atoms with Gasteiger partial charge in [-0.05, 0) is 71.0 Å². The lowest BCUT2D eigenvalue weighted by atomic mass is 9.68. The number of nitrogens with one attached hydrogen (secondary N) is 1. The van der Waals surface area contributed by atoms with Crippen LogP contribution in [0.25, 0.3) is 0 Å². The first kappa shape index (κ1) is 18.1. The average Bonchev–Trinajstić information content (AvgIpc) is 2.49. The van der Waals surface area contributed by atoms with Crippen molar-refractivity contribution < 1.29 is 0 Å². The zero-order valence-corrected chi connectivity index (χ0v) is 14.3. The van der Waals surface area contributed by atoms with Crippen LogP contribution in [0.2, 0.25) is 0 Å². The summed E-state index contributed by atoms with van der Waals surface area (Å²) in [6.45, 7) is 2.15. The van der Waals surface area contributed by atoms with Crippen molar-refractivity contribution >= 4 is 30.6 Å². The third kappa shape index (κ3) is 4.25. The fourth-order valence-corrected chi connectivity index (χ4v) is 4.28. The molecular weight excluding hydrogens is 293 g/mol. The van der Waals surface area contributed by atoms with E-state index in [2.05, 4.69) is 24.3 Å². The number of fused-ring (bicyclic) bond motifs is 1. The van der Waals surface area contributed by atoms with Crippen LogP contribution in [0.15, 0.2) is 4.99 Å². The highest BCUT2D eigenvalue weighted by atomic mass is 35.5. The van der Waals surface area contributed by atoms with Crippen molar-refractivity contribution in [3.63, 3.8) is 0 Å². The Kier molecular flexibility index (Phi) is 7.10. The summed E-state index contributed by atoms with van der Waals surface area (Å²) in [5.74, 6) is 4.12. The standard InChI is InChI=1S/C15H27N3.2ClH/c1-18(2)5-3-4-16-15-13-7-11-6-12(8-13)10-14(9-11)17-15;;/h11-14H,3-10H2,1-2H3,(H,16,17);2*1H. The lowest BCUT2D eigenvalue weighted by molar-refractivity contribution is 0.162. The van der Waals surface area contributed by atoms with Crippen LogP contribution in [0.4, 0.5) is 0 Å². The molecule has 4 bridgehead atoms. The molecule has 2 unspecified atom stereocenters. The minimum absolute atomic E-state index is 0. The smallest absolute Gasteiger partial charge is 0.0996 e. The molecule has 0 spiro atoms. The largest absolute Gasteiger partial charge is 0.371 e. The second kappa shape index (κ2) is 7.86. The van der Waals surface area contributed by atoms with Crippen molar-refractivity contribution in [2.75, 3.05) is 27.2 Å². The molecule has 0 aromatic carbocycles. The fraction of sp³-hybridized carbons (Fsp3) is 0.933. The number of amidine groups is 1. The Morgan fingerprint density at radius 1 is 1.05 bits per heavy atom. The number of rotatable bonds is 4. The predicted octanol–water partition coefficient (Wildman–Crippen LogP) is 2.98. The van der Waals surface area contributed by atoms with Gasteiger partial charge in [0.15, 0.2) is 0 Å². The molecule has 2 saturated heterocycles. The lowest BCUT2D eigenvalue weighted by Crippen LogP contribution is -2.36. The van der Waals surface area contributed by atoms with E-state index in [9.17, 15) is 0 Å². The monoisotopic (exact) mass is 321 g/mol. The van der Waals surface area contributed by atoms with E-state index in [4.69, 9.17) is 4.99 Å². The second-order valence-corrected chi connectivity index (χ2v) is 6.87. The van der Waals surface area contributed by atoms with Gasteiger partial charge < -0.3 is 10.2 Å². The number of nitrogens with zero attached hydrogens (tertiary/aromatic N) is 2. The third-order valence-corrected chi connectivity index (χ3v) is 4.92. The van der Waals surface area contributed by atoms with Gasteiger partial charge in [0.1, 0.15) is 0 Å². The molecule has 2 atom stereocenters. The first-order valence-corrected chi connectivity index (χ1v) is 7.66. The van der Waals surface area contributed by atoms with Crippen molar-refractivity contribution in [3.8, 4) is 0 Å². The van der Waals surface area contributed by atoms with Crippen LogP contribution in [0.1, 0.15) is 38.5 Å². The number of halogens is 2. The fourth-order valence-electron chi connectivity index (χ4n) is 4.28. The Morgan fingerprint density at radius 2 is 1.70 bits per heavy atom. The van der Waals surface area contributed by atoms with Crippen LogP contribution in [-0.2, 0) is 0 Å². The highest BCUT2D eigenvalue weighted by Gasteiger charge is 2.41. The summed E-state index contributed by atoms with van der Waals surface area (Å²) in [6, 6.07) is 0.744. The third-order valence-electron chi connectivity index (χ3n) is 4.92. The van der Waals surface area contributed by atoms with Crippen LogP contribution >= 0.6 is 24.8 Å². The number of hydrogen-bond donors (Lipinski definition) is 1. The van der Waals surface area contributed by atoms with E-state index in [-0.39, 0.29) is 24.8 Å². The van der Waals surface area contributed by atoms with E-state index in [0.717, 1.165) is 36.9 Å². The molecule has 4 rings (SSSR count). The molecule has 20 heavy (non-hydrogen) atoms. The summed E-state index contributed by atoms with van der Waals surface area (Å²) in [5, 5.41) is 3.76. The summed E-state index contributed by atoms with van der Waals surface area (Å²) in [5.41, 5.74) is 0. The van der Waals surface area contributed by atoms with Crippen molar-refractivity contribution in [1.82, 2.24) is 10.2 Å². The Bertz CT molecular complexity index is 319. The molecule has 2 aliphatic heterocycles. The van der Waals surface area contributed by atoms with Crippen LogP contribution in [0.5, 0.6) is 0 Å². The highest BCUT2D eigenvalue weighted by molar-refractivity contribution is 5.86. The molecule has 3 nitrogen and oxygen atoms in total. The molecule has 118 valence electrons. The van der Waals surface area contributed by atoms with Gasteiger partial charge in [0.25, 0.3) is 0 Å². The minimum atomic E-state index is 0. The van der Waals surface area contributed by atoms with Gasteiger partial charge in [0.2, 0.25) is 0 Å². The van der Waals surface area contributed by atoms with E-state index in [1.807, 2.05) is 0 Å². The van der Waals surface area contributed by atoms with Gasteiger partial charge in [-0.15, -0.1) is 24.8 Å². The summed E-state index contributed by atoms with van der Waals surface area (Å²) >= 11 is 0. The maximum atomic E-state index is 4.89. The molecule has 0 aromatic rings. The van der Waals surface area contributed by atoms with E-state index < -0.39 is 0 Å². The zero-order chi connectivity index (χ0) is 12.5. The Hall–Kier alpha value is 0.01000. The Labute approximate surface area is 135 Å². The Balaban J connectivity index is 0.000001000. The number of aliphatic imine (C=N–C) groups is 1. The van der Waals surface area contributed by atoms with Crippen molar-refractivity contribution in [2.24, 2.45) is 22.7 Å². The van der Waals surface area contributed by atoms with E-state index in [1.165, 1.54) is 44.4 Å². The summed E-state index contributed by atoms with van der Waals surface area (Å²) in [7, 11) is 4.27. The molecule has 4 fully saturated rings. The van der Waals surface area contributed by atoms with Crippen molar-refractivity contribution in [3.05, 3.63) is 0 Å². The first-order chi connectivity index (χ1) is 8.70. The van der Waals surface area contributed by atoms with E-state index in [1.54, 1.807) is 0 Å². The molecule has 5 heteroatoms. The van der Waals surface area contributed by atoms with Crippen molar-refractivity contribution in [1.29, 1.82) is 0 Å². The summed E-state index contributed by atoms with van der Waals surface area (Å²) in [4.78, 5) is 7.14. The second-order valence-electron chi connectivity index (χ2n) is 6.87. The van der Waals surface area contributed by atoms with Crippen LogP contribution in [0, 0.1) is 17.8 Å². The molecule has 2 saturated carbocycles. The normalized spacial score (nSPS) is 36.2. The van der Waals surface area contributed by atoms with Crippen molar-refractivity contribution in [2.45, 2.75) is 44.6 Å². The molecular formula is C15H29Cl2N3. The molecule has 0 amide bonds.